The molecular formula is C17H14N2O2. The molecule has 0 aromatic heterocycles. The number of hydrogen-bond acceptors (Lipinski definition) is 3. The molecule has 0 spiro atoms. The van der Waals surface area contributed by atoms with Crippen LogP contribution in [-0.2, 0) is 4.79 Å². The molecule has 0 saturated heterocycles. The molecule has 0 radical (unpaired) electrons. The van der Waals surface area contributed by atoms with Gasteiger partial charge in [0.15, 0.2) is 0 Å². The van der Waals surface area contributed by atoms with E-state index in [0.717, 1.165) is 5.56 Å². The fraction of sp³-hybridized carbons (Fsp3) is 0.0588. The van der Waals surface area contributed by atoms with Gasteiger partial charge in [-0.2, -0.15) is 5.26 Å². The van der Waals surface area contributed by atoms with Crippen LogP contribution in [0.15, 0.2) is 54.6 Å². The van der Waals surface area contributed by atoms with Gasteiger partial charge < -0.3 is 10.1 Å². The first-order valence-corrected chi connectivity index (χ1v) is 6.36. The molecule has 21 heavy (non-hydrogen) atoms. The van der Waals surface area contributed by atoms with Gasteiger partial charge in [0.05, 0.1) is 18.4 Å². The Hall–Kier alpha value is -3.06. The summed E-state index contributed by atoms with van der Waals surface area (Å²) in [4.78, 5) is 11.9. The van der Waals surface area contributed by atoms with Crippen molar-refractivity contribution in [1.82, 2.24) is 0 Å². The fourth-order valence-corrected chi connectivity index (χ4v) is 1.83. The highest BCUT2D eigenvalue weighted by Gasteiger charge is 2.04. The Labute approximate surface area is 123 Å². The maximum atomic E-state index is 11.9. The lowest BCUT2D eigenvalue weighted by molar-refractivity contribution is -0.111. The van der Waals surface area contributed by atoms with Gasteiger partial charge in [0.2, 0.25) is 5.91 Å². The van der Waals surface area contributed by atoms with Gasteiger partial charge in [-0.05, 0) is 24.3 Å². The molecule has 0 heterocycles. The molecule has 0 unspecified atom stereocenters. The molecule has 2 aromatic carbocycles. The van der Waals surface area contributed by atoms with Crippen LogP contribution in [0.5, 0.6) is 5.75 Å². The average Bonchev–Trinajstić information content (AvgIpc) is 2.53. The largest absolute Gasteiger partial charge is 0.496 e. The van der Waals surface area contributed by atoms with E-state index in [9.17, 15) is 4.79 Å². The zero-order valence-electron chi connectivity index (χ0n) is 11.5. The minimum Gasteiger partial charge on any atom is -0.496 e. The number of nitrogens with one attached hydrogen (secondary N) is 1. The molecule has 0 aliphatic rings. The monoisotopic (exact) mass is 278 g/mol. The summed E-state index contributed by atoms with van der Waals surface area (Å²) in [5.41, 5.74) is 1.73. The molecule has 2 aromatic rings. The Morgan fingerprint density at radius 1 is 1.19 bits per heavy atom. The zero-order chi connectivity index (χ0) is 15.1. The number of nitrogens with zero attached hydrogens (tertiary/aromatic N) is 1. The lowest BCUT2D eigenvalue weighted by Crippen LogP contribution is -2.08. The quantitative estimate of drug-likeness (QED) is 0.873. The number of anilines is 1. The van der Waals surface area contributed by atoms with E-state index in [1.807, 2.05) is 30.3 Å². The number of benzene rings is 2. The first-order valence-electron chi connectivity index (χ1n) is 6.36. The van der Waals surface area contributed by atoms with E-state index in [-0.39, 0.29) is 5.91 Å². The number of amides is 1. The number of hydrogen-bond donors (Lipinski definition) is 1. The van der Waals surface area contributed by atoms with Crippen LogP contribution in [0.25, 0.3) is 6.08 Å². The van der Waals surface area contributed by atoms with Gasteiger partial charge in [0, 0.05) is 11.6 Å². The molecule has 2 rings (SSSR count). The number of para-hydroxylation sites is 2. The Balaban J connectivity index is 2.12. The maximum absolute atomic E-state index is 11.9. The molecule has 1 N–H and O–H groups in total. The Kier molecular flexibility index (Phi) is 4.73. The third kappa shape index (κ3) is 3.71. The summed E-state index contributed by atoms with van der Waals surface area (Å²) < 4.78 is 5.21. The smallest absolute Gasteiger partial charge is 0.248 e. The second-order valence-electron chi connectivity index (χ2n) is 4.22. The molecule has 0 saturated carbocycles. The van der Waals surface area contributed by atoms with Gasteiger partial charge in [-0.3, -0.25) is 4.79 Å². The van der Waals surface area contributed by atoms with Crippen LogP contribution in [0.2, 0.25) is 0 Å². The topological polar surface area (TPSA) is 62.1 Å². The Morgan fingerprint density at radius 2 is 1.90 bits per heavy atom. The predicted molar refractivity (Wildman–Crippen MR) is 81.8 cm³/mol. The molecule has 0 bridgehead atoms. The van der Waals surface area contributed by atoms with Crippen LogP contribution in [0, 0.1) is 11.3 Å². The highest BCUT2D eigenvalue weighted by atomic mass is 16.5. The van der Waals surface area contributed by atoms with E-state index >= 15 is 0 Å². The molecule has 0 aliphatic carbocycles. The van der Waals surface area contributed by atoms with Gasteiger partial charge in [0.1, 0.15) is 11.8 Å². The summed E-state index contributed by atoms with van der Waals surface area (Å²) in [5.74, 6) is 0.391. The van der Waals surface area contributed by atoms with Crippen molar-refractivity contribution in [3.05, 3.63) is 65.7 Å². The van der Waals surface area contributed by atoms with Crippen molar-refractivity contribution in [3.8, 4) is 11.8 Å². The van der Waals surface area contributed by atoms with Crippen molar-refractivity contribution in [2.24, 2.45) is 0 Å². The maximum Gasteiger partial charge on any atom is 0.248 e. The second kappa shape index (κ2) is 6.92. The standard InChI is InChI=1S/C17H14N2O2/c1-21-16-9-5-3-6-13(16)10-11-17(20)19-15-8-4-2-7-14(15)12-18/h2-11H,1H3,(H,19,20)/b11-10+. The van der Waals surface area contributed by atoms with Crippen LogP contribution in [0.4, 0.5) is 5.69 Å². The highest BCUT2D eigenvalue weighted by molar-refractivity contribution is 6.02. The predicted octanol–water partition coefficient (Wildman–Crippen LogP) is 3.22. The Bertz CT molecular complexity index is 715. The zero-order valence-corrected chi connectivity index (χ0v) is 11.5. The van der Waals surface area contributed by atoms with E-state index in [0.29, 0.717) is 17.0 Å². The molecular weight excluding hydrogens is 264 g/mol. The summed E-state index contributed by atoms with van der Waals surface area (Å²) >= 11 is 0. The van der Waals surface area contributed by atoms with Gasteiger partial charge in [-0.25, -0.2) is 0 Å². The molecule has 0 atom stereocenters. The normalized spacial score (nSPS) is 10.1. The van der Waals surface area contributed by atoms with Crippen LogP contribution < -0.4 is 10.1 Å². The van der Waals surface area contributed by atoms with Gasteiger partial charge in [-0.1, -0.05) is 30.3 Å². The highest BCUT2D eigenvalue weighted by Crippen LogP contribution is 2.19. The van der Waals surface area contributed by atoms with Gasteiger partial charge >= 0.3 is 0 Å². The second-order valence-corrected chi connectivity index (χ2v) is 4.22. The summed E-state index contributed by atoms with van der Waals surface area (Å²) in [7, 11) is 1.58. The van der Waals surface area contributed by atoms with Crippen LogP contribution >= 0.6 is 0 Å². The number of rotatable bonds is 4. The van der Waals surface area contributed by atoms with E-state index in [1.54, 1.807) is 37.5 Å². The number of carbonyl (C=O) groups excluding carboxylic acids is 1. The summed E-state index contributed by atoms with van der Waals surface area (Å²) in [6.07, 6.45) is 3.08. The number of methoxy groups -OCH3 is 1. The van der Waals surface area contributed by atoms with E-state index in [1.165, 1.54) is 6.08 Å². The van der Waals surface area contributed by atoms with Crippen molar-refractivity contribution in [2.45, 2.75) is 0 Å². The first-order chi connectivity index (χ1) is 10.2. The van der Waals surface area contributed by atoms with E-state index < -0.39 is 0 Å². The van der Waals surface area contributed by atoms with Crippen molar-refractivity contribution < 1.29 is 9.53 Å². The van der Waals surface area contributed by atoms with Crippen LogP contribution in [0.3, 0.4) is 0 Å². The lowest BCUT2D eigenvalue weighted by Gasteiger charge is -2.05. The van der Waals surface area contributed by atoms with E-state index in [2.05, 4.69) is 5.32 Å². The molecule has 104 valence electrons. The summed E-state index contributed by atoms with van der Waals surface area (Å²) in [5, 5.41) is 11.7. The average molecular weight is 278 g/mol. The van der Waals surface area contributed by atoms with Crippen molar-refractivity contribution in [1.29, 1.82) is 5.26 Å². The number of nitriles is 1. The SMILES string of the molecule is COc1ccccc1/C=C/C(=O)Nc1ccccc1C#N. The van der Waals surface area contributed by atoms with Crippen molar-refractivity contribution >= 4 is 17.7 Å². The van der Waals surface area contributed by atoms with Gasteiger partial charge in [-0.15, -0.1) is 0 Å². The lowest BCUT2D eigenvalue weighted by atomic mass is 10.1. The first kappa shape index (κ1) is 14.4. The van der Waals surface area contributed by atoms with Crippen molar-refractivity contribution in [2.75, 3.05) is 12.4 Å². The minimum atomic E-state index is -0.302. The van der Waals surface area contributed by atoms with Gasteiger partial charge in [0.25, 0.3) is 0 Å². The molecule has 1 amide bonds. The minimum absolute atomic E-state index is 0.302. The van der Waals surface area contributed by atoms with Crippen molar-refractivity contribution in [3.63, 3.8) is 0 Å². The molecule has 4 heteroatoms. The van der Waals surface area contributed by atoms with E-state index in [4.69, 9.17) is 10.00 Å². The Morgan fingerprint density at radius 3 is 2.67 bits per heavy atom. The third-order valence-corrected chi connectivity index (χ3v) is 2.86. The summed E-state index contributed by atoms with van der Waals surface area (Å²) in [6, 6.07) is 16.3. The molecule has 0 fully saturated rings. The molecule has 4 nitrogen and oxygen atoms in total. The number of carbonyl (C=O) groups is 1. The third-order valence-electron chi connectivity index (χ3n) is 2.86. The number of ether oxygens (including phenoxy) is 1. The van der Waals surface area contributed by atoms with Crippen LogP contribution in [-0.4, -0.2) is 13.0 Å². The fourth-order valence-electron chi connectivity index (χ4n) is 1.83. The van der Waals surface area contributed by atoms with Crippen LogP contribution in [0.1, 0.15) is 11.1 Å². The molecule has 0 aliphatic heterocycles. The summed E-state index contributed by atoms with van der Waals surface area (Å²) in [6.45, 7) is 0.